The Kier molecular flexibility index (Phi) is 1.33. The van der Waals surface area contributed by atoms with E-state index in [-0.39, 0.29) is 18.0 Å². The maximum absolute atomic E-state index is 9.88. The lowest BCUT2D eigenvalue weighted by molar-refractivity contribution is -0.293. The fraction of sp³-hybridized carbons (Fsp3) is 0.800. The molecule has 3 aliphatic heterocycles. The van der Waals surface area contributed by atoms with Crippen LogP contribution in [0.2, 0.25) is 0 Å². The first-order valence-corrected chi connectivity index (χ1v) is 4.79. The highest BCUT2D eigenvalue weighted by Crippen LogP contribution is 2.55. The van der Waals surface area contributed by atoms with Crippen LogP contribution in [-0.2, 0) is 9.47 Å². The van der Waals surface area contributed by atoms with Crippen LogP contribution in [0.15, 0.2) is 12.2 Å². The number of aliphatic hydroxyl groups excluding tert-OH is 1. The van der Waals surface area contributed by atoms with Crippen LogP contribution in [0.5, 0.6) is 0 Å². The zero-order valence-corrected chi connectivity index (χ0v) is 7.69. The van der Waals surface area contributed by atoms with E-state index in [0.29, 0.717) is 18.4 Å². The fourth-order valence-electron chi connectivity index (χ4n) is 2.96. The molecule has 4 rings (SSSR count). The van der Waals surface area contributed by atoms with Crippen LogP contribution in [0.3, 0.4) is 0 Å². The Morgan fingerprint density at radius 1 is 1.62 bits per heavy atom. The van der Waals surface area contributed by atoms with Crippen LogP contribution in [0, 0.1) is 11.8 Å². The Morgan fingerprint density at radius 3 is 3.08 bits per heavy atom. The van der Waals surface area contributed by atoms with Gasteiger partial charge in [-0.15, -0.1) is 0 Å². The van der Waals surface area contributed by atoms with Gasteiger partial charge in [-0.2, -0.15) is 0 Å². The minimum atomic E-state index is -0.380. The molecule has 5 unspecified atom stereocenters. The van der Waals surface area contributed by atoms with E-state index in [1.54, 1.807) is 0 Å². The van der Waals surface area contributed by atoms with Crippen molar-refractivity contribution in [3.8, 4) is 0 Å². The number of aliphatic hydroxyl groups is 1. The second-order valence-electron chi connectivity index (χ2n) is 4.51. The van der Waals surface area contributed by atoms with Gasteiger partial charge >= 0.3 is 0 Å². The molecule has 0 aromatic heterocycles. The molecule has 3 heterocycles. The lowest BCUT2D eigenvalue weighted by Crippen LogP contribution is -2.57. The standard InChI is InChI=1S/C10H14O3/c1-5-6-3-8(11)10(2)7(6)4-12-9(5)13-10/h6-9,11H,1,3-4H2,2H3. The van der Waals surface area contributed by atoms with E-state index in [4.69, 9.17) is 9.47 Å². The van der Waals surface area contributed by atoms with Crippen LogP contribution >= 0.6 is 0 Å². The molecule has 13 heavy (non-hydrogen) atoms. The number of hydrogen-bond donors (Lipinski definition) is 1. The zero-order chi connectivity index (χ0) is 9.22. The normalized spacial score (nSPS) is 58.8. The average Bonchev–Trinajstić information content (AvgIpc) is 2.32. The van der Waals surface area contributed by atoms with Gasteiger partial charge in [0.05, 0.1) is 12.7 Å². The van der Waals surface area contributed by atoms with Crippen molar-refractivity contribution in [3.63, 3.8) is 0 Å². The van der Waals surface area contributed by atoms with Crippen molar-refractivity contribution in [2.75, 3.05) is 6.61 Å². The van der Waals surface area contributed by atoms with Gasteiger partial charge in [0.15, 0.2) is 6.29 Å². The molecular weight excluding hydrogens is 168 g/mol. The lowest BCUT2D eigenvalue weighted by Gasteiger charge is -2.49. The first-order valence-electron chi connectivity index (χ1n) is 4.79. The third kappa shape index (κ3) is 0.760. The van der Waals surface area contributed by atoms with Gasteiger partial charge in [0.1, 0.15) is 5.60 Å². The van der Waals surface area contributed by atoms with Crippen LogP contribution in [0.1, 0.15) is 13.3 Å². The molecule has 3 heteroatoms. The van der Waals surface area contributed by atoms with Gasteiger partial charge in [-0.3, -0.25) is 0 Å². The fourth-order valence-corrected chi connectivity index (χ4v) is 2.96. The van der Waals surface area contributed by atoms with Crippen molar-refractivity contribution >= 4 is 0 Å². The Bertz CT molecular complexity index is 275. The molecule has 0 aromatic carbocycles. The van der Waals surface area contributed by atoms with Crippen LogP contribution in [0.4, 0.5) is 0 Å². The third-order valence-electron chi connectivity index (χ3n) is 3.93. The Hall–Kier alpha value is -0.380. The second kappa shape index (κ2) is 2.16. The second-order valence-corrected chi connectivity index (χ2v) is 4.51. The summed E-state index contributed by atoms with van der Waals surface area (Å²) in [5.74, 6) is 0.715. The summed E-state index contributed by atoms with van der Waals surface area (Å²) in [6, 6.07) is 0. The third-order valence-corrected chi connectivity index (χ3v) is 3.93. The molecule has 0 radical (unpaired) electrons. The van der Waals surface area contributed by atoms with Gasteiger partial charge in [0.2, 0.25) is 0 Å². The molecule has 0 spiro atoms. The van der Waals surface area contributed by atoms with Crippen molar-refractivity contribution in [2.24, 2.45) is 11.8 Å². The van der Waals surface area contributed by atoms with Gasteiger partial charge in [-0.25, -0.2) is 0 Å². The van der Waals surface area contributed by atoms with E-state index in [2.05, 4.69) is 6.58 Å². The minimum absolute atomic E-state index is 0.267. The summed E-state index contributed by atoms with van der Waals surface area (Å²) in [7, 11) is 0. The van der Waals surface area contributed by atoms with Gasteiger partial charge < -0.3 is 14.6 Å². The number of ether oxygens (including phenoxy) is 2. The molecule has 1 aliphatic carbocycles. The summed E-state index contributed by atoms with van der Waals surface area (Å²) in [5.41, 5.74) is 0.639. The molecule has 5 atom stereocenters. The molecular formula is C10H14O3. The largest absolute Gasteiger partial charge is 0.390 e. The van der Waals surface area contributed by atoms with Crippen LogP contribution in [0.25, 0.3) is 0 Å². The number of hydrogen-bond acceptors (Lipinski definition) is 3. The van der Waals surface area contributed by atoms with Crippen molar-refractivity contribution in [1.29, 1.82) is 0 Å². The summed E-state index contributed by atoms with van der Waals surface area (Å²) in [6.07, 6.45) is 0.171. The van der Waals surface area contributed by atoms with Crippen molar-refractivity contribution in [3.05, 3.63) is 12.2 Å². The van der Waals surface area contributed by atoms with Crippen molar-refractivity contribution in [1.82, 2.24) is 0 Å². The highest BCUT2D eigenvalue weighted by molar-refractivity contribution is 5.22. The lowest BCUT2D eigenvalue weighted by atomic mass is 9.79. The van der Waals surface area contributed by atoms with Gasteiger partial charge in [0.25, 0.3) is 0 Å². The minimum Gasteiger partial charge on any atom is -0.390 e. The molecule has 4 fully saturated rings. The van der Waals surface area contributed by atoms with Crippen molar-refractivity contribution < 1.29 is 14.6 Å². The average molecular weight is 182 g/mol. The number of rotatable bonds is 0. The highest BCUT2D eigenvalue weighted by atomic mass is 16.7. The maximum atomic E-state index is 9.88. The van der Waals surface area contributed by atoms with E-state index in [1.807, 2.05) is 6.92 Å². The first-order chi connectivity index (χ1) is 6.13. The Morgan fingerprint density at radius 2 is 2.38 bits per heavy atom. The summed E-state index contributed by atoms with van der Waals surface area (Å²) < 4.78 is 11.2. The Labute approximate surface area is 77.3 Å². The molecule has 0 aromatic rings. The highest BCUT2D eigenvalue weighted by Gasteiger charge is 2.62. The topological polar surface area (TPSA) is 38.7 Å². The smallest absolute Gasteiger partial charge is 0.180 e. The molecule has 0 amide bonds. The van der Waals surface area contributed by atoms with Crippen molar-refractivity contribution in [2.45, 2.75) is 31.3 Å². The van der Waals surface area contributed by atoms with Crippen LogP contribution < -0.4 is 0 Å². The van der Waals surface area contributed by atoms with E-state index >= 15 is 0 Å². The SMILES string of the molecule is C=C1C2OCC3C1CC(O)C3(C)O2. The summed E-state index contributed by atoms with van der Waals surface area (Å²) >= 11 is 0. The van der Waals surface area contributed by atoms with Gasteiger partial charge in [-0.1, -0.05) is 6.58 Å². The zero-order valence-electron chi connectivity index (χ0n) is 7.69. The van der Waals surface area contributed by atoms with Gasteiger partial charge in [-0.05, 0) is 24.8 Å². The molecule has 4 bridgehead atoms. The number of fused-ring (bicyclic) bond motifs is 1. The predicted molar refractivity (Wildman–Crippen MR) is 46.0 cm³/mol. The van der Waals surface area contributed by atoms with E-state index in [1.165, 1.54) is 0 Å². The van der Waals surface area contributed by atoms with Crippen LogP contribution in [-0.4, -0.2) is 29.7 Å². The van der Waals surface area contributed by atoms with Gasteiger partial charge in [0, 0.05) is 5.92 Å². The molecule has 72 valence electrons. The Balaban J connectivity index is 2.07. The summed E-state index contributed by atoms with van der Waals surface area (Å²) in [5, 5.41) is 9.88. The monoisotopic (exact) mass is 182 g/mol. The maximum Gasteiger partial charge on any atom is 0.180 e. The predicted octanol–water partition coefficient (Wildman–Crippen LogP) is 0.685. The molecule has 4 aliphatic rings. The summed E-state index contributed by atoms with van der Waals surface area (Å²) in [6.45, 7) is 6.68. The first kappa shape index (κ1) is 7.97. The molecule has 3 saturated heterocycles. The van der Waals surface area contributed by atoms with E-state index < -0.39 is 0 Å². The molecule has 1 saturated carbocycles. The molecule has 3 nitrogen and oxygen atoms in total. The quantitative estimate of drug-likeness (QED) is 0.560. The molecule has 1 N–H and O–H groups in total. The van der Waals surface area contributed by atoms with E-state index in [0.717, 1.165) is 12.0 Å². The summed E-state index contributed by atoms with van der Waals surface area (Å²) in [4.78, 5) is 0. The van der Waals surface area contributed by atoms with E-state index in [9.17, 15) is 5.11 Å².